The number of thiocarbonyl (C=S) groups is 1. The summed E-state index contributed by atoms with van der Waals surface area (Å²) in [6.07, 6.45) is 1.75. The van der Waals surface area contributed by atoms with E-state index in [-0.39, 0.29) is 18.2 Å². The van der Waals surface area contributed by atoms with Crippen LogP contribution in [0.25, 0.3) is 6.08 Å². The second-order valence-corrected chi connectivity index (χ2v) is 9.01. The van der Waals surface area contributed by atoms with E-state index in [2.05, 4.69) is 0 Å². The van der Waals surface area contributed by atoms with Crippen LogP contribution < -0.4 is 19.1 Å². The van der Waals surface area contributed by atoms with E-state index in [1.807, 2.05) is 6.07 Å². The Labute approximate surface area is 211 Å². The van der Waals surface area contributed by atoms with Crippen LogP contribution >= 0.6 is 24.0 Å². The Morgan fingerprint density at radius 2 is 1.71 bits per heavy atom. The minimum absolute atomic E-state index is 0.0141. The van der Waals surface area contributed by atoms with Crippen molar-refractivity contribution in [1.82, 2.24) is 0 Å². The average Bonchev–Trinajstić information content (AvgIpc) is 3.15. The molecule has 0 radical (unpaired) electrons. The van der Waals surface area contributed by atoms with Gasteiger partial charge in [-0.2, -0.15) is 0 Å². The van der Waals surface area contributed by atoms with E-state index in [0.717, 1.165) is 11.1 Å². The summed E-state index contributed by atoms with van der Waals surface area (Å²) in [5.74, 6) is 1.48. The summed E-state index contributed by atoms with van der Waals surface area (Å²) in [5, 5.41) is 10.8. The number of anilines is 1. The number of carbonyl (C=O) groups excluding carboxylic acids is 1. The quantitative estimate of drug-likeness (QED) is 0.168. The molecule has 0 unspecified atom stereocenters. The van der Waals surface area contributed by atoms with Gasteiger partial charge in [0.15, 0.2) is 15.8 Å². The van der Waals surface area contributed by atoms with E-state index >= 15 is 0 Å². The molecular weight excluding hydrogens is 488 g/mol. The number of nitro groups is 1. The summed E-state index contributed by atoms with van der Waals surface area (Å²) < 4.78 is 16.9. The van der Waals surface area contributed by atoms with Gasteiger partial charge >= 0.3 is 0 Å². The average molecular weight is 509 g/mol. The molecule has 3 aromatic carbocycles. The summed E-state index contributed by atoms with van der Waals surface area (Å²) >= 11 is 6.67. The van der Waals surface area contributed by atoms with Crippen molar-refractivity contribution in [3.63, 3.8) is 0 Å². The van der Waals surface area contributed by atoms with Gasteiger partial charge in [-0.1, -0.05) is 30.0 Å². The second kappa shape index (κ2) is 10.6. The molecule has 35 heavy (non-hydrogen) atoms. The first kappa shape index (κ1) is 24.2. The molecular formula is C25H20N2O6S2. The fourth-order valence-electron chi connectivity index (χ4n) is 3.34. The van der Waals surface area contributed by atoms with E-state index in [9.17, 15) is 14.9 Å². The first-order chi connectivity index (χ1) is 16.9. The molecule has 1 saturated heterocycles. The third-order valence-electron chi connectivity index (χ3n) is 5.15. The van der Waals surface area contributed by atoms with Crippen LogP contribution in [0, 0.1) is 10.1 Å². The van der Waals surface area contributed by atoms with Gasteiger partial charge in [0, 0.05) is 12.1 Å². The number of methoxy groups -OCH3 is 2. The normalized spacial score (nSPS) is 14.3. The Morgan fingerprint density at radius 1 is 1.00 bits per heavy atom. The summed E-state index contributed by atoms with van der Waals surface area (Å²) in [7, 11) is 3.11. The lowest BCUT2D eigenvalue weighted by Gasteiger charge is -2.14. The van der Waals surface area contributed by atoms with E-state index in [0.29, 0.717) is 32.2 Å². The van der Waals surface area contributed by atoms with Gasteiger partial charge < -0.3 is 14.2 Å². The topological polar surface area (TPSA) is 91.1 Å². The van der Waals surface area contributed by atoms with Crippen molar-refractivity contribution in [2.75, 3.05) is 19.1 Å². The standard InChI is InChI=1S/C25H20N2O6S2/c1-31-20-10-8-18(9-11-20)26-24(28)23(35-25(26)34)14-17-5-12-21(32-2)22(13-17)33-15-16-3-6-19(7-4-16)27(29)30/h3-14H,15H2,1-2H3/b23-14+. The Bertz CT molecular complexity index is 1310. The molecule has 3 aromatic rings. The van der Waals surface area contributed by atoms with Gasteiger partial charge in [-0.15, -0.1) is 0 Å². The lowest BCUT2D eigenvalue weighted by molar-refractivity contribution is -0.384. The van der Waals surface area contributed by atoms with Crippen LogP contribution in [0.4, 0.5) is 11.4 Å². The molecule has 0 aliphatic carbocycles. The zero-order valence-electron chi connectivity index (χ0n) is 18.8. The van der Waals surface area contributed by atoms with Gasteiger partial charge in [0.05, 0.1) is 29.7 Å². The van der Waals surface area contributed by atoms with Crippen molar-refractivity contribution in [1.29, 1.82) is 0 Å². The number of nitro benzene ring substituents is 1. The van der Waals surface area contributed by atoms with Gasteiger partial charge in [0.1, 0.15) is 12.4 Å². The largest absolute Gasteiger partial charge is 0.497 e. The van der Waals surface area contributed by atoms with E-state index in [4.69, 9.17) is 26.4 Å². The van der Waals surface area contributed by atoms with Crippen molar-refractivity contribution in [2.24, 2.45) is 0 Å². The number of hydrogen-bond donors (Lipinski definition) is 0. The monoisotopic (exact) mass is 508 g/mol. The first-order valence-corrected chi connectivity index (χ1v) is 11.6. The molecule has 8 nitrogen and oxygen atoms in total. The van der Waals surface area contributed by atoms with Crippen LogP contribution in [-0.2, 0) is 11.4 Å². The minimum atomic E-state index is -0.450. The fraction of sp³-hybridized carbons (Fsp3) is 0.120. The molecule has 0 atom stereocenters. The SMILES string of the molecule is COc1ccc(N2C(=O)/C(=C\c3ccc(OC)c(OCc4ccc([N+](=O)[O-])cc4)c3)SC2=S)cc1. The van der Waals surface area contributed by atoms with Crippen molar-refractivity contribution in [3.05, 3.63) is 92.9 Å². The van der Waals surface area contributed by atoms with Gasteiger partial charge in [-0.25, -0.2) is 0 Å². The minimum Gasteiger partial charge on any atom is -0.497 e. The molecule has 1 aliphatic rings. The van der Waals surface area contributed by atoms with Crippen molar-refractivity contribution in [2.45, 2.75) is 6.61 Å². The third kappa shape index (κ3) is 5.44. The van der Waals surface area contributed by atoms with E-state index in [1.54, 1.807) is 61.7 Å². The molecule has 1 aliphatic heterocycles. The first-order valence-electron chi connectivity index (χ1n) is 10.4. The highest BCUT2D eigenvalue weighted by Crippen LogP contribution is 2.37. The second-order valence-electron chi connectivity index (χ2n) is 7.34. The smallest absolute Gasteiger partial charge is 0.270 e. The lowest BCUT2D eigenvalue weighted by atomic mass is 10.1. The molecule has 0 N–H and O–H groups in total. The summed E-state index contributed by atoms with van der Waals surface area (Å²) in [6.45, 7) is 0.192. The number of carbonyl (C=O) groups is 1. The predicted molar refractivity (Wildman–Crippen MR) is 139 cm³/mol. The molecule has 0 saturated carbocycles. The molecule has 4 rings (SSSR count). The van der Waals surface area contributed by atoms with Gasteiger partial charge in [-0.05, 0) is 65.7 Å². The molecule has 1 fully saturated rings. The van der Waals surface area contributed by atoms with Crippen LogP contribution in [0.15, 0.2) is 71.6 Å². The maximum Gasteiger partial charge on any atom is 0.270 e. The fourth-order valence-corrected chi connectivity index (χ4v) is 4.64. The number of nitrogens with zero attached hydrogens (tertiary/aromatic N) is 2. The van der Waals surface area contributed by atoms with E-state index < -0.39 is 4.92 Å². The highest BCUT2D eigenvalue weighted by atomic mass is 32.2. The van der Waals surface area contributed by atoms with Gasteiger partial charge in [0.2, 0.25) is 0 Å². The van der Waals surface area contributed by atoms with Crippen molar-refractivity contribution < 1.29 is 23.9 Å². The molecule has 1 amide bonds. The molecule has 0 aromatic heterocycles. The molecule has 1 heterocycles. The van der Waals surface area contributed by atoms with Crippen molar-refractivity contribution in [3.8, 4) is 17.2 Å². The van der Waals surface area contributed by atoms with E-state index in [1.165, 1.54) is 35.9 Å². The van der Waals surface area contributed by atoms with Crippen LogP contribution in [0.5, 0.6) is 17.2 Å². The number of hydrogen-bond acceptors (Lipinski definition) is 8. The molecule has 0 spiro atoms. The highest BCUT2D eigenvalue weighted by molar-refractivity contribution is 8.27. The number of benzene rings is 3. The lowest BCUT2D eigenvalue weighted by Crippen LogP contribution is -2.27. The van der Waals surface area contributed by atoms with Gasteiger partial charge in [-0.3, -0.25) is 19.8 Å². The zero-order valence-corrected chi connectivity index (χ0v) is 20.4. The number of ether oxygens (including phenoxy) is 3. The number of rotatable bonds is 8. The van der Waals surface area contributed by atoms with Gasteiger partial charge in [0.25, 0.3) is 11.6 Å². The zero-order chi connectivity index (χ0) is 24.9. The maximum absolute atomic E-state index is 13.1. The molecule has 178 valence electrons. The number of non-ortho nitro benzene ring substituents is 1. The van der Waals surface area contributed by atoms with Crippen LogP contribution in [0.1, 0.15) is 11.1 Å². The van der Waals surface area contributed by atoms with Crippen LogP contribution in [-0.4, -0.2) is 29.4 Å². The summed E-state index contributed by atoms with van der Waals surface area (Å²) in [5.41, 5.74) is 2.18. The number of thioether (sulfide) groups is 1. The third-order valence-corrected chi connectivity index (χ3v) is 6.45. The summed E-state index contributed by atoms with van der Waals surface area (Å²) in [4.78, 5) is 25.4. The molecule has 0 bridgehead atoms. The van der Waals surface area contributed by atoms with Crippen LogP contribution in [0.3, 0.4) is 0 Å². The Kier molecular flexibility index (Phi) is 7.33. The highest BCUT2D eigenvalue weighted by Gasteiger charge is 2.33. The predicted octanol–water partition coefficient (Wildman–Crippen LogP) is 5.60. The number of amides is 1. The Morgan fingerprint density at radius 3 is 2.34 bits per heavy atom. The Hall–Kier alpha value is -3.89. The Balaban J connectivity index is 1.53. The van der Waals surface area contributed by atoms with Crippen molar-refractivity contribution >= 4 is 51.7 Å². The van der Waals surface area contributed by atoms with Crippen LogP contribution in [0.2, 0.25) is 0 Å². The maximum atomic E-state index is 13.1. The molecule has 10 heteroatoms. The summed E-state index contributed by atoms with van der Waals surface area (Å²) in [6, 6.07) is 18.6.